The van der Waals surface area contributed by atoms with Crippen molar-refractivity contribution >= 4 is 11.0 Å². The highest BCUT2D eigenvalue weighted by molar-refractivity contribution is 5.76. The first kappa shape index (κ1) is 17.5. The molecule has 0 saturated carbocycles. The predicted octanol–water partition coefficient (Wildman–Crippen LogP) is 2.60. The summed E-state index contributed by atoms with van der Waals surface area (Å²) in [7, 11) is 0. The number of aromatic nitrogens is 2. The largest absolute Gasteiger partial charge is 0.488 e. The van der Waals surface area contributed by atoms with Crippen LogP contribution in [0.1, 0.15) is 33.0 Å². The van der Waals surface area contributed by atoms with Crippen LogP contribution in [0.4, 0.5) is 0 Å². The third kappa shape index (κ3) is 5.36. The number of rotatable bonds is 3. The Labute approximate surface area is 127 Å². The van der Waals surface area contributed by atoms with Crippen molar-refractivity contribution in [1.82, 2.24) is 15.3 Å². The average molecular weight is 292 g/mol. The topological polar surface area (TPSA) is 76.0 Å². The molecule has 21 heavy (non-hydrogen) atoms. The van der Waals surface area contributed by atoms with Gasteiger partial charge in [-0.25, -0.2) is 4.98 Å². The lowest BCUT2D eigenvalue weighted by Gasteiger charge is -2.27. The predicted molar refractivity (Wildman–Crippen MR) is 88.8 cm³/mol. The maximum atomic E-state index is 5.76. The third-order valence-electron chi connectivity index (χ3n) is 2.91. The molecular weight excluding hydrogens is 264 g/mol. The quantitative estimate of drug-likeness (QED) is 0.813. The van der Waals surface area contributed by atoms with E-state index in [4.69, 9.17) is 10.5 Å². The first-order valence-corrected chi connectivity index (χ1v) is 7.76. The van der Waals surface area contributed by atoms with Crippen LogP contribution in [0.25, 0.3) is 11.0 Å². The van der Waals surface area contributed by atoms with E-state index in [1.165, 1.54) is 0 Å². The number of ether oxygens (including phenoxy) is 1. The standard InChI is InChI=1S/C11H13N3O.C3H9N.C2H6/c1-7-13-10-3-2-8(4-11(10)14-7)15-9-5-12-6-9;1-2-3-4;1-2/h2-4,9,12H,5-6H2,1H3,(H,13,14);2-4H2,1H3;1-2H3. The molecule has 1 aliphatic rings. The van der Waals surface area contributed by atoms with E-state index >= 15 is 0 Å². The molecule has 4 N–H and O–H groups in total. The lowest BCUT2D eigenvalue weighted by Crippen LogP contribution is -2.50. The first-order valence-electron chi connectivity index (χ1n) is 7.76. The van der Waals surface area contributed by atoms with Gasteiger partial charge in [-0.2, -0.15) is 0 Å². The van der Waals surface area contributed by atoms with Crippen LogP contribution in [0.3, 0.4) is 0 Å². The van der Waals surface area contributed by atoms with Crippen molar-refractivity contribution in [3.05, 3.63) is 24.0 Å². The average Bonchev–Trinajstić information content (AvgIpc) is 2.84. The van der Waals surface area contributed by atoms with Gasteiger partial charge in [0.15, 0.2) is 0 Å². The Morgan fingerprint density at radius 1 is 1.33 bits per heavy atom. The van der Waals surface area contributed by atoms with Crippen LogP contribution in [0, 0.1) is 6.92 Å². The molecule has 5 nitrogen and oxygen atoms in total. The molecule has 2 heterocycles. The molecule has 0 radical (unpaired) electrons. The summed E-state index contributed by atoms with van der Waals surface area (Å²) in [5.41, 5.74) is 7.06. The van der Waals surface area contributed by atoms with Gasteiger partial charge in [0.2, 0.25) is 0 Å². The molecule has 1 saturated heterocycles. The minimum Gasteiger partial charge on any atom is -0.488 e. The van der Waals surface area contributed by atoms with Gasteiger partial charge in [0.05, 0.1) is 11.0 Å². The van der Waals surface area contributed by atoms with E-state index in [1.54, 1.807) is 0 Å². The maximum absolute atomic E-state index is 5.76. The number of nitrogens with one attached hydrogen (secondary N) is 2. The number of imidazole rings is 1. The van der Waals surface area contributed by atoms with Gasteiger partial charge in [0, 0.05) is 19.2 Å². The molecule has 0 aliphatic carbocycles. The number of hydrogen-bond donors (Lipinski definition) is 3. The molecule has 0 spiro atoms. The molecule has 0 atom stereocenters. The van der Waals surface area contributed by atoms with Crippen LogP contribution in [0.15, 0.2) is 18.2 Å². The summed E-state index contributed by atoms with van der Waals surface area (Å²) in [5.74, 6) is 1.85. The van der Waals surface area contributed by atoms with Crippen molar-refractivity contribution in [3.8, 4) is 5.75 Å². The van der Waals surface area contributed by atoms with Crippen LogP contribution in [0.5, 0.6) is 5.75 Å². The number of nitrogens with zero attached hydrogens (tertiary/aromatic N) is 1. The van der Waals surface area contributed by atoms with E-state index in [0.717, 1.165) is 48.7 Å². The number of benzene rings is 1. The summed E-state index contributed by atoms with van der Waals surface area (Å²) in [6, 6.07) is 5.97. The minimum atomic E-state index is 0.325. The number of aryl methyl sites for hydroxylation is 1. The Morgan fingerprint density at radius 2 is 2.00 bits per heavy atom. The zero-order valence-electron chi connectivity index (χ0n) is 13.6. The molecule has 1 aromatic carbocycles. The van der Waals surface area contributed by atoms with Gasteiger partial charge in [-0.15, -0.1) is 0 Å². The van der Waals surface area contributed by atoms with Crippen molar-refractivity contribution in [3.63, 3.8) is 0 Å². The first-order chi connectivity index (χ1) is 10.2. The molecule has 2 aromatic rings. The molecule has 1 aromatic heterocycles. The zero-order chi connectivity index (χ0) is 15.7. The molecule has 0 amide bonds. The number of hydrogen-bond acceptors (Lipinski definition) is 4. The van der Waals surface area contributed by atoms with Crippen LogP contribution < -0.4 is 15.8 Å². The summed E-state index contributed by atoms with van der Waals surface area (Å²) >= 11 is 0. The van der Waals surface area contributed by atoms with E-state index in [9.17, 15) is 0 Å². The van der Waals surface area contributed by atoms with E-state index in [1.807, 2.05) is 39.0 Å². The van der Waals surface area contributed by atoms with E-state index in [-0.39, 0.29) is 0 Å². The van der Waals surface area contributed by atoms with Crippen LogP contribution in [0.2, 0.25) is 0 Å². The lowest BCUT2D eigenvalue weighted by molar-refractivity contribution is 0.142. The van der Waals surface area contributed by atoms with Gasteiger partial charge in [-0.05, 0) is 32.0 Å². The molecule has 3 rings (SSSR count). The van der Waals surface area contributed by atoms with Crippen molar-refractivity contribution in [2.45, 2.75) is 40.2 Å². The van der Waals surface area contributed by atoms with Gasteiger partial charge >= 0.3 is 0 Å². The number of H-pyrrole nitrogens is 1. The monoisotopic (exact) mass is 292 g/mol. The summed E-state index contributed by atoms with van der Waals surface area (Å²) in [4.78, 5) is 7.55. The Morgan fingerprint density at radius 3 is 2.52 bits per heavy atom. The molecule has 118 valence electrons. The summed E-state index contributed by atoms with van der Waals surface area (Å²) in [5, 5.41) is 3.18. The van der Waals surface area contributed by atoms with Crippen LogP contribution in [-0.4, -0.2) is 35.7 Å². The molecule has 0 bridgehead atoms. The molecule has 1 fully saturated rings. The third-order valence-corrected chi connectivity index (χ3v) is 2.91. The van der Waals surface area contributed by atoms with Gasteiger partial charge < -0.3 is 20.8 Å². The molecule has 1 aliphatic heterocycles. The normalized spacial score (nSPS) is 13.6. The fourth-order valence-electron chi connectivity index (χ4n) is 1.73. The molecule has 0 unspecified atom stereocenters. The van der Waals surface area contributed by atoms with Gasteiger partial charge in [-0.1, -0.05) is 20.8 Å². The Kier molecular flexibility index (Phi) is 7.79. The van der Waals surface area contributed by atoms with Crippen molar-refractivity contribution in [2.75, 3.05) is 19.6 Å². The highest BCUT2D eigenvalue weighted by Gasteiger charge is 2.18. The number of aromatic amines is 1. The van der Waals surface area contributed by atoms with Gasteiger partial charge in [0.1, 0.15) is 17.7 Å². The van der Waals surface area contributed by atoms with Crippen molar-refractivity contribution in [1.29, 1.82) is 0 Å². The molecular formula is C16H28N4O. The fraction of sp³-hybridized carbons (Fsp3) is 0.562. The van der Waals surface area contributed by atoms with E-state index < -0.39 is 0 Å². The summed E-state index contributed by atoms with van der Waals surface area (Å²) in [6.07, 6.45) is 1.42. The summed E-state index contributed by atoms with van der Waals surface area (Å²) in [6.45, 7) is 10.7. The maximum Gasteiger partial charge on any atom is 0.123 e. The van der Waals surface area contributed by atoms with Crippen molar-refractivity contribution in [2.24, 2.45) is 5.73 Å². The second-order valence-corrected chi connectivity index (χ2v) is 4.69. The lowest BCUT2D eigenvalue weighted by atomic mass is 10.2. The smallest absolute Gasteiger partial charge is 0.123 e. The highest BCUT2D eigenvalue weighted by Crippen LogP contribution is 2.20. The second kappa shape index (κ2) is 9.37. The van der Waals surface area contributed by atoms with Crippen LogP contribution in [-0.2, 0) is 0 Å². The van der Waals surface area contributed by atoms with E-state index in [0.29, 0.717) is 6.10 Å². The highest BCUT2D eigenvalue weighted by atomic mass is 16.5. The SMILES string of the molecule is CC.CCCN.Cc1nc2ccc(OC3CNC3)cc2[nH]1. The molecule has 5 heteroatoms. The zero-order valence-corrected chi connectivity index (χ0v) is 13.6. The van der Waals surface area contributed by atoms with Gasteiger partial charge in [0.25, 0.3) is 0 Å². The van der Waals surface area contributed by atoms with Crippen LogP contribution >= 0.6 is 0 Å². The second-order valence-electron chi connectivity index (χ2n) is 4.69. The van der Waals surface area contributed by atoms with E-state index in [2.05, 4.69) is 22.2 Å². The fourth-order valence-corrected chi connectivity index (χ4v) is 1.73. The Bertz CT molecular complexity index is 518. The Hall–Kier alpha value is -1.59. The Balaban J connectivity index is 0.000000322. The summed E-state index contributed by atoms with van der Waals surface area (Å²) < 4.78 is 5.76. The minimum absolute atomic E-state index is 0.325. The number of fused-ring (bicyclic) bond motifs is 1. The number of nitrogens with two attached hydrogens (primary N) is 1. The van der Waals surface area contributed by atoms with Gasteiger partial charge in [-0.3, -0.25) is 0 Å². The van der Waals surface area contributed by atoms with Crippen molar-refractivity contribution < 1.29 is 4.74 Å².